The van der Waals surface area contributed by atoms with Crippen LogP contribution in [0.4, 0.5) is 0 Å². The van der Waals surface area contributed by atoms with Crippen molar-refractivity contribution < 1.29 is 12.8 Å². The number of halogens is 2. The van der Waals surface area contributed by atoms with Gasteiger partial charge in [0.2, 0.25) is 10.0 Å². The summed E-state index contributed by atoms with van der Waals surface area (Å²) in [7, 11) is -3.59. The fourth-order valence-electron chi connectivity index (χ4n) is 3.29. The second-order valence-corrected chi connectivity index (χ2v) is 8.83. The molecule has 2 aromatic carbocycles. The van der Waals surface area contributed by atoms with Crippen LogP contribution in [0.15, 0.2) is 76.3 Å². The number of rotatable bonds is 8. The standard InChI is InChI=1S/C22H23N3O3S.2ClH/c1-16(14-23-11-9-20-12-18-4-2-3-5-22(18)28-20)25-29(26,27)21-7-6-19-15-24-10-8-17(19)13-21;;/h2-8,10,12-13,15-16,23,25H,9,11,14H2,1H3;2*1H. The fraction of sp³-hybridized carbons (Fsp3) is 0.227. The van der Waals surface area contributed by atoms with Gasteiger partial charge in [0.05, 0.1) is 4.90 Å². The molecular weight excluding hydrogens is 457 g/mol. The topological polar surface area (TPSA) is 84.2 Å². The largest absolute Gasteiger partial charge is 0.461 e. The zero-order chi connectivity index (χ0) is 20.3. The molecule has 0 spiro atoms. The molecule has 0 bridgehead atoms. The third kappa shape index (κ3) is 6.18. The number of benzene rings is 2. The molecule has 4 rings (SSSR count). The second-order valence-electron chi connectivity index (χ2n) is 7.11. The highest BCUT2D eigenvalue weighted by Gasteiger charge is 2.17. The number of hydrogen-bond acceptors (Lipinski definition) is 5. The summed E-state index contributed by atoms with van der Waals surface area (Å²) in [4.78, 5) is 4.30. The first-order chi connectivity index (χ1) is 14.0. The lowest BCUT2D eigenvalue weighted by Crippen LogP contribution is -2.40. The molecule has 0 radical (unpaired) electrons. The van der Waals surface area contributed by atoms with Gasteiger partial charge in [0.1, 0.15) is 11.3 Å². The summed E-state index contributed by atoms with van der Waals surface area (Å²) >= 11 is 0. The maximum Gasteiger partial charge on any atom is 0.240 e. The molecule has 1 unspecified atom stereocenters. The Balaban J connectivity index is 0.00000171. The van der Waals surface area contributed by atoms with Gasteiger partial charge in [-0.15, -0.1) is 24.8 Å². The Bertz CT molecular complexity index is 1210. The molecule has 2 heterocycles. The summed E-state index contributed by atoms with van der Waals surface area (Å²) in [6, 6.07) is 16.6. The molecule has 31 heavy (non-hydrogen) atoms. The molecule has 0 aliphatic rings. The van der Waals surface area contributed by atoms with Crippen LogP contribution in [0.25, 0.3) is 21.7 Å². The van der Waals surface area contributed by atoms with Crippen LogP contribution >= 0.6 is 24.8 Å². The summed E-state index contributed by atoms with van der Waals surface area (Å²) in [5.41, 5.74) is 0.884. The molecule has 0 fully saturated rings. The van der Waals surface area contributed by atoms with Crippen LogP contribution in [0.3, 0.4) is 0 Å². The van der Waals surface area contributed by atoms with Crippen LogP contribution in [-0.4, -0.2) is 32.5 Å². The molecule has 0 aliphatic heterocycles. The molecule has 0 amide bonds. The number of sulfonamides is 1. The van der Waals surface area contributed by atoms with Gasteiger partial charge in [0.15, 0.2) is 0 Å². The van der Waals surface area contributed by atoms with E-state index in [2.05, 4.69) is 15.0 Å². The number of nitrogens with one attached hydrogen (secondary N) is 2. The predicted octanol–water partition coefficient (Wildman–Crippen LogP) is 4.32. The molecule has 0 aliphatic carbocycles. The third-order valence-corrected chi connectivity index (χ3v) is 6.34. The monoisotopic (exact) mass is 481 g/mol. The number of pyridine rings is 1. The molecule has 1 atom stereocenters. The zero-order valence-electron chi connectivity index (χ0n) is 16.9. The van der Waals surface area contributed by atoms with Crippen LogP contribution in [0.1, 0.15) is 12.7 Å². The highest BCUT2D eigenvalue weighted by atomic mass is 35.5. The lowest BCUT2D eigenvalue weighted by molar-refractivity contribution is 0.510. The Kier molecular flexibility index (Phi) is 8.85. The molecule has 0 saturated heterocycles. The predicted molar refractivity (Wildman–Crippen MR) is 129 cm³/mol. The average Bonchev–Trinajstić information content (AvgIpc) is 3.13. The van der Waals surface area contributed by atoms with Crippen LogP contribution in [0.5, 0.6) is 0 Å². The quantitative estimate of drug-likeness (QED) is 0.366. The summed E-state index contributed by atoms with van der Waals surface area (Å²) in [6.45, 7) is 3.07. The van der Waals surface area contributed by atoms with Crippen molar-refractivity contribution in [3.8, 4) is 0 Å². The van der Waals surface area contributed by atoms with Crippen molar-refractivity contribution in [2.24, 2.45) is 0 Å². The Hall–Kier alpha value is -2.16. The van der Waals surface area contributed by atoms with Crippen LogP contribution in [-0.2, 0) is 16.4 Å². The van der Waals surface area contributed by atoms with E-state index in [4.69, 9.17) is 4.42 Å². The molecule has 9 heteroatoms. The van der Waals surface area contributed by atoms with E-state index in [1.165, 1.54) is 0 Å². The Labute approximate surface area is 194 Å². The number of nitrogens with zero attached hydrogens (tertiary/aromatic N) is 1. The summed E-state index contributed by atoms with van der Waals surface area (Å²) in [6.07, 6.45) is 4.11. The van der Waals surface area contributed by atoms with Crippen LogP contribution in [0, 0.1) is 0 Å². The molecule has 166 valence electrons. The third-order valence-electron chi connectivity index (χ3n) is 4.75. The van der Waals surface area contributed by atoms with E-state index < -0.39 is 10.0 Å². The van der Waals surface area contributed by atoms with E-state index in [0.29, 0.717) is 13.1 Å². The maximum atomic E-state index is 12.7. The molecule has 0 saturated carbocycles. The summed E-state index contributed by atoms with van der Waals surface area (Å²) < 4.78 is 33.9. The smallest absolute Gasteiger partial charge is 0.240 e. The van der Waals surface area contributed by atoms with Gasteiger partial charge in [-0.25, -0.2) is 13.1 Å². The fourth-order valence-corrected chi connectivity index (χ4v) is 4.57. The average molecular weight is 482 g/mol. The summed E-state index contributed by atoms with van der Waals surface area (Å²) in [5, 5.41) is 6.13. The van der Waals surface area contributed by atoms with Gasteiger partial charge in [0.25, 0.3) is 0 Å². The normalized spacial score (nSPS) is 12.3. The van der Waals surface area contributed by atoms with E-state index in [1.54, 1.807) is 36.7 Å². The lowest BCUT2D eigenvalue weighted by atomic mass is 10.2. The minimum absolute atomic E-state index is 0. The number of para-hydroxylation sites is 1. The second kappa shape index (κ2) is 10.9. The minimum atomic E-state index is -3.59. The van der Waals surface area contributed by atoms with Gasteiger partial charge >= 0.3 is 0 Å². The van der Waals surface area contributed by atoms with Crippen molar-refractivity contribution in [3.05, 3.63) is 72.8 Å². The first kappa shape index (κ1) is 25.1. The highest BCUT2D eigenvalue weighted by Crippen LogP contribution is 2.19. The highest BCUT2D eigenvalue weighted by molar-refractivity contribution is 7.89. The minimum Gasteiger partial charge on any atom is -0.461 e. The van der Waals surface area contributed by atoms with E-state index in [9.17, 15) is 8.42 Å². The lowest BCUT2D eigenvalue weighted by Gasteiger charge is -2.15. The Morgan fingerprint density at radius 3 is 2.61 bits per heavy atom. The van der Waals surface area contributed by atoms with Crippen molar-refractivity contribution in [1.82, 2.24) is 15.0 Å². The van der Waals surface area contributed by atoms with Crippen molar-refractivity contribution in [2.45, 2.75) is 24.3 Å². The number of furan rings is 1. The zero-order valence-corrected chi connectivity index (χ0v) is 19.4. The van der Waals surface area contributed by atoms with Crippen molar-refractivity contribution >= 4 is 56.6 Å². The Morgan fingerprint density at radius 1 is 1.00 bits per heavy atom. The number of hydrogen-bond donors (Lipinski definition) is 2. The van der Waals surface area contributed by atoms with Crippen molar-refractivity contribution in [3.63, 3.8) is 0 Å². The molecule has 6 nitrogen and oxygen atoms in total. The van der Waals surface area contributed by atoms with Crippen molar-refractivity contribution in [1.29, 1.82) is 0 Å². The van der Waals surface area contributed by atoms with Crippen LogP contribution in [0.2, 0.25) is 0 Å². The van der Waals surface area contributed by atoms with E-state index in [1.807, 2.05) is 37.3 Å². The maximum absolute atomic E-state index is 12.7. The molecule has 2 aromatic heterocycles. The number of fused-ring (bicyclic) bond motifs is 2. The van der Waals surface area contributed by atoms with Crippen molar-refractivity contribution in [2.75, 3.05) is 13.1 Å². The van der Waals surface area contributed by atoms with E-state index in [-0.39, 0.29) is 35.8 Å². The van der Waals surface area contributed by atoms with E-state index >= 15 is 0 Å². The van der Waals surface area contributed by atoms with Gasteiger partial charge < -0.3 is 9.73 Å². The van der Waals surface area contributed by atoms with Gasteiger partial charge in [-0.2, -0.15) is 0 Å². The number of aromatic nitrogens is 1. The van der Waals surface area contributed by atoms with Crippen LogP contribution < -0.4 is 10.0 Å². The van der Waals surface area contributed by atoms with Gasteiger partial charge in [-0.3, -0.25) is 4.98 Å². The first-order valence-corrected chi connectivity index (χ1v) is 11.0. The Morgan fingerprint density at radius 2 is 1.81 bits per heavy atom. The summed E-state index contributed by atoms with van der Waals surface area (Å²) in [5.74, 6) is 0.914. The molecule has 4 aromatic rings. The van der Waals surface area contributed by atoms with Gasteiger partial charge in [-0.1, -0.05) is 24.3 Å². The van der Waals surface area contributed by atoms with Gasteiger partial charge in [-0.05, 0) is 42.6 Å². The SMILES string of the molecule is CC(CNCCc1cc2ccccc2o1)NS(=O)(=O)c1ccc2cnccc2c1.Cl.Cl. The first-order valence-electron chi connectivity index (χ1n) is 9.55. The van der Waals surface area contributed by atoms with Gasteiger partial charge in [0, 0.05) is 48.7 Å². The molecule has 2 N–H and O–H groups in total. The van der Waals surface area contributed by atoms with E-state index in [0.717, 1.165) is 33.9 Å². The molecular formula is C22H25Cl2N3O3S.